The van der Waals surface area contributed by atoms with Gasteiger partial charge in [0.1, 0.15) is 0 Å². The molecule has 0 radical (unpaired) electrons. The minimum absolute atomic E-state index is 0.0334. The van der Waals surface area contributed by atoms with E-state index in [0.29, 0.717) is 0 Å². The lowest BCUT2D eigenvalue weighted by Gasteiger charge is -2.21. The molecule has 6 rings (SSSR count). The van der Waals surface area contributed by atoms with Crippen molar-refractivity contribution in [2.75, 3.05) is 0 Å². The first-order chi connectivity index (χ1) is 14.6. The Morgan fingerprint density at radius 3 is 2.23 bits per heavy atom. The van der Waals surface area contributed by atoms with Gasteiger partial charge in [-0.15, -0.1) is 0 Å². The van der Waals surface area contributed by atoms with Gasteiger partial charge in [-0.25, -0.2) is 0 Å². The van der Waals surface area contributed by atoms with E-state index < -0.39 is 0 Å². The van der Waals surface area contributed by atoms with E-state index in [1.54, 1.807) is 0 Å². The molecule has 1 heterocycles. The van der Waals surface area contributed by atoms with E-state index in [4.69, 9.17) is 0 Å². The molecule has 30 heavy (non-hydrogen) atoms. The zero-order chi connectivity index (χ0) is 20.5. The van der Waals surface area contributed by atoms with E-state index in [1.165, 1.54) is 44.1 Å². The predicted molar refractivity (Wildman–Crippen MR) is 127 cm³/mol. The Bertz CT molecular complexity index is 1450. The highest BCUT2D eigenvalue weighted by molar-refractivity contribution is 6.46. The molecule has 0 spiro atoms. The molecule has 4 aromatic carbocycles. The van der Waals surface area contributed by atoms with Crippen LogP contribution in [0, 0.1) is 0 Å². The summed E-state index contributed by atoms with van der Waals surface area (Å²) in [5.41, 5.74) is 9.86. The molecule has 0 bridgehead atoms. The van der Waals surface area contributed by atoms with E-state index in [2.05, 4.69) is 97.3 Å². The minimum atomic E-state index is -0.0334. The second-order valence-electron chi connectivity index (χ2n) is 8.77. The molecule has 144 valence electrons. The molecule has 5 aromatic rings. The highest BCUT2D eigenvalue weighted by Crippen LogP contribution is 2.50. The Balaban J connectivity index is 1.78. The van der Waals surface area contributed by atoms with Gasteiger partial charge in [0.2, 0.25) is 0 Å². The number of nitrogens with zero attached hydrogens (tertiary/aromatic N) is 1. The summed E-state index contributed by atoms with van der Waals surface area (Å²) >= 11 is 0. The number of hydrogen-bond acceptors (Lipinski definition) is 1. The molecule has 0 fully saturated rings. The van der Waals surface area contributed by atoms with Crippen molar-refractivity contribution in [2.24, 2.45) is 0 Å². The average Bonchev–Trinajstić information content (AvgIpc) is 3.22. The summed E-state index contributed by atoms with van der Waals surface area (Å²) < 4.78 is 2.35. The van der Waals surface area contributed by atoms with Crippen molar-refractivity contribution in [1.29, 1.82) is 0 Å². The van der Waals surface area contributed by atoms with Crippen molar-refractivity contribution in [3.05, 3.63) is 96.1 Å². The molecule has 0 aliphatic heterocycles. The van der Waals surface area contributed by atoms with Crippen LogP contribution in [0.4, 0.5) is 0 Å². The molecule has 0 saturated carbocycles. The smallest absolute Gasteiger partial charge is 0.304 e. The summed E-state index contributed by atoms with van der Waals surface area (Å²) in [5, 5.41) is 12.2. The van der Waals surface area contributed by atoms with E-state index >= 15 is 0 Å². The van der Waals surface area contributed by atoms with Gasteiger partial charge in [-0.05, 0) is 52.6 Å². The summed E-state index contributed by atoms with van der Waals surface area (Å²) in [7, 11) is 0.0504. The number of aromatic nitrogens is 1. The predicted octanol–water partition coefficient (Wildman–Crippen LogP) is 5.06. The van der Waals surface area contributed by atoms with Gasteiger partial charge in [-0.2, -0.15) is 0 Å². The highest BCUT2D eigenvalue weighted by Gasteiger charge is 2.36. The monoisotopic (exact) mass is 387 g/mol. The summed E-state index contributed by atoms with van der Waals surface area (Å²) in [4.78, 5) is 0. The lowest BCUT2D eigenvalue weighted by atomic mass is 9.82. The third-order valence-corrected chi connectivity index (χ3v) is 6.73. The van der Waals surface area contributed by atoms with E-state index in [1.807, 2.05) is 6.07 Å². The fraction of sp³-hybridized carbons (Fsp3) is 0.111. The molecule has 0 atom stereocenters. The SMILES string of the molecule is CC1(C)c2ccccc2-c2cc3c4cc(BO)ccc4n(-c4ccccc4)c3cc21. The third kappa shape index (κ3) is 2.24. The summed E-state index contributed by atoms with van der Waals surface area (Å²) in [5.74, 6) is 0. The van der Waals surface area contributed by atoms with Gasteiger partial charge in [-0.1, -0.05) is 73.9 Å². The molecule has 3 heteroatoms. The Morgan fingerprint density at radius 2 is 1.43 bits per heavy atom. The van der Waals surface area contributed by atoms with Gasteiger partial charge in [0.05, 0.1) is 11.0 Å². The van der Waals surface area contributed by atoms with Gasteiger partial charge in [0.25, 0.3) is 0 Å². The number of benzene rings is 4. The molecular weight excluding hydrogens is 365 g/mol. The number of para-hydroxylation sites is 1. The number of hydrogen-bond donors (Lipinski definition) is 1. The molecule has 0 saturated heterocycles. The fourth-order valence-electron chi connectivity index (χ4n) is 5.21. The van der Waals surface area contributed by atoms with Crippen LogP contribution >= 0.6 is 0 Å². The van der Waals surface area contributed by atoms with Crippen molar-refractivity contribution in [3.8, 4) is 16.8 Å². The summed E-state index contributed by atoms with van der Waals surface area (Å²) in [6.07, 6.45) is 0. The first kappa shape index (κ1) is 17.6. The zero-order valence-corrected chi connectivity index (χ0v) is 17.2. The maximum Gasteiger partial charge on any atom is 0.304 e. The third-order valence-electron chi connectivity index (χ3n) is 6.73. The van der Waals surface area contributed by atoms with Crippen LogP contribution in [0.3, 0.4) is 0 Å². The van der Waals surface area contributed by atoms with Gasteiger partial charge in [0.15, 0.2) is 0 Å². The fourth-order valence-corrected chi connectivity index (χ4v) is 5.21. The van der Waals surface area contributed by atoms with E-state index in [-0.39, 0.29) is 12.9 Å². The molecule has 0 unspecified atom stereocenters. The Labute approximate surface area is 176 Å². The van der Waals surface area contributed by atoms with E-state index in [0.717, 1.165) is 11.2 Å². The summed E-state index contributed by atoms with van der Waals surface area (Å²) in [6, 6.07) is 30.3. The van der Waals surface area contributed by atoms with Gasteiger partial charge < -0.3 is 9.59 Å². The molecule has 2 nitrogen and oxygen atoms in total. The van der Waals surface area contributed by atoms with Gasteiger partial charge in [0, 0.05) is 21.9 Å². The maximum absolute atomic E-state index is 9.74. The Hall–Kier alpha value is -3.30. The first-order valence-corrected chi connectivity index (χ1v) is 10.5. The summed E-state index contributed by atoms with van der Waals surface area (Å²) in [6.45, 7) is 4.64. The number of rotatable bonds is 2. The topological polar surface area (TPSA) is 25.2 Å². The molecular formula is C27H22BNO. The Kier molecular flexibility index (Phi) is 3.57. The minimum Gasteiger partial charge on any atom is -0.449 e. The normalized spacial score (nSPS) is 14.1. The Morgan fingerprint density at radius 1 is 0.700 bits per heavy atom. The van der Waals surface area contributed by atoms with Crippen LogP contribution in [0.2, 0.25) is 0 Å². The number of fused-ring (bicyclic) bond motifs is 6. The average molecular weight is 387 g/mol. The van der Waals surface area contributed by atoms with Crippen LogP contribution < -0.4 is 5.46 Å². The molecule has 1 N–H and O–H groups in total. The van der Waals surface area contributed by atoms with Crippen molar-refractivity contribution in [2.45, 2.75) is 19.3 Å². The van der Waals surface area contributed by atoms with Crippen LogP contribution in [0.15, 0.2) is 84.9 Å². The lowest BCUT2D eigenvalue weighted by molar-refractivity contribution is 0.615. The molecule has 1 aliphatic carbocycles. The molecule has 1 aliphatic rings. The van der Waals surface area contributed by atoms with Crippen molar-refractivity contribution < 1.29 is 5.02 Å². The van der Waals surface area contributed by atoms with Crippen LogP contribution in [-0.2, 0) is 5.41 Å². The van der Waals surface area contributed by atoms with E-state index in [9.17, 15) is 5.02 Å². The van der Waals surface area contributed by atoms with Crippen molar-refractivity contribution in [3.63, 3.8) is 0 Å². The van der Waals surface area contributed by atoms with Gasteiger partial charge >= 0.3 is 7.48 Å². The second kappa shape index (κ2) is 6.10. The largest absolute Gasteiger partial charge is 0.449 e. The quantitative estimate of drug-likeness (QED) is 0.421. The standard InChI is InChI=1S/C27H22BNO/c1-27(2)23-11-7-6-10-19(23)20-15-22-21-14-17(28-30)12-13-25(21)29(26(22)16-24(20)27)18-8-4-3-5-9-18/h3-16,28,30H,1-2H3. The van der Waals surface area contributed by atoms with Crippen LogP contribution in [-0.4, -0.2) is 17.1 Å². The second-order valence-corrected chi connectivity index (χ2v) is 8.77. The van der Waals surface area contributed by atoms with Crippen LogP contribution in [0.1, 0.15) is 25.0 Å². The van der Waals surface area contributed by atoms with Crippen molar-refractivity contribution >= 4 is 34.8 Å². The zero-order valence-electron chi connectivity index (χ0n) is 17.2. The van der Waals surface area contributed by atoms with Gasteiger partial charge in [-0.3, -0.25) is 0 Å². The van der Waals surface area contributed by atoms with Crippen LogP contribution in [0.5, 0.6) is 0 Å². The molecule has 1 aromatic heterocycles. The first-order valence-electron chi connectivity index (χ1n) is 10.5. The molecule has 0 amide bonds. The van der Waals surface area contributed by atoms with Crippen molar-refractivity contribution in [1.82, 2.24) is 4.57 Å². The lowest BCUT2D eigenvalue weighted by Crippen LogP contribution is -2.14. The highest BCUT2D eigenvalue weighted by atomic mass is 16.2. The maximum atomic E-state index is 9.74. The van der Waals surface area contributed by atoms with Crippen LogP contribution in [0.25, 0.3) is 38.6 Å².